The average molecular weight is 317 g/mol. The molecule has 3 amide bonds. The minimum Gasteiger partial charge on any atom is -0.341 e. The molecule has 1 aromatic rings. The number of hydrogen-bond acceptors (Lipinski definition) is 3. The Labute approximate surface area is 126 Å². The van der Waals surface area contributed by atoms with Crippen molar-refractivity contribution in [3.63, 3.8) is 0 Å². The van der Waals surface area contributed by atoms with Crippen molar-refractivity contribution in [2.75, 3.05) is 14.1 Å². The Kier molecular flexibility index (Phi) is 5.92. The van der Waals surface area contributed by atoms with Gasteiger partial charge in [0.1, 0.15) is 0 Å². The Morgan fingerprint density at radius 3 is 2.41 bits per heavy atom. The molecule has 0 heterocycles. The van der Waals surface area contributed by atoms with Crippen molar-refractivity contribution in [3.8, 4) is 0 Å². The van der Waals surface area contributed by atoms with E-state index in [2.05, 4.69) is 10.6 Å². The van der Waals surface area contributed by atoms with Gasteiger partial charge in [-0.15, -0.1) is 0 Å². The summed E-state index contributed by atoms with van der Waals surface area (Å²) >= 11 is 0. The van der Waals surface area contributed by atoms with Crippen LogP contribution in [0.5, 0.6) is 0 Å². The topological polar surface area (TPSA) is 61.4 Å². The Bertz CT molecular complexity index is 546. The lowest BCUT2D eigenvalue weighted by molar-refractivity contribution is -0.138. The molecule has 0 saturated heterocycles. The SMILES string of the molecule is CNC(=O)NC(=O)[C@@H](C)N(C)Cc1ccccc1C(F)(F)F. The van der Waals surface area contributed by atoms with Crippen LogP contribution in [0.15, 0.2) is 24.3 Å². The molecule has 0 unspecified atom stereocenters. The number of amides is 3. The quantitative estimate of drug-likeness (QED) is 0.893. The van der Waals surface area contributed by atoms with Crippen LogP contribution in [0.25, 0.3) is 0 Å². The standard InChI is InChI=1S/C14H18F3N3O2/c1-9(12(21)19-13(22)18-2)20(3)8-10-6-4-5-7-11(10)14(15,16)17/h4-7,9H,8H2,1-3H3,(H2,18,19,21,22)/t9-/m1/s1. The van der Waals surface area contributed by atoms with Crippen molar-refractivity contribution in [2.24, 2.45) is 0 Å². The summed E-state index contributed by atoms with van der Waals surface area (Å²) in [4.78, 5) is 24.3. The van der Waals surface area contributed by atoms with E-state index >= 15 is 0 Å². The summed E-state index contributed by atoms with van der Waals surface area (Å²) in [5.41, 5.74) is -0.669. The zero-order valence-electron chi connectivity index (χ0n) is 12.5. The lowest BCUT2D eigenvalue weighted by atomic mass is 10.1. The third-order valence-corrected chi connectivity index (χ3v) is 3.25. The van der Waals surface area contributed by atoms with Crippen LogP contribution >= 0.6 is 0 Å². The van der Waals surface area contributed by atoms with E-state index in [9.17, 15) is 22.8 Å². The molecule has 0 aliphatic rings. The van der Waals surface area contributed by atoms with Crippen LogP contribution < -0.4 is 10.6 Å². The predicted molar refractivity (Wildman–Crippen MR) is 75.0 cm³/mol. The van der Waals surface area contributed by atoms with E-state index in [0.29, 0.717) is 0 Å². The van der Waals surface area contributed by atoms with Gasteiger partial charge in [-0.25, -0.2) is 4.79 Å². The number of alkyl halides is 3. The zero-order chi connectivity index (χ0) is 16.9. The van der Waals surface area contributed by atoms with Gasteiger partial charge in [-0.3, -0.25) is 15.0 Å². The minimum atomic E-state index is -4.45. The molecule has 0 aliphatic heterocycles. The Morgan fingerprint density at radius 2 is 1.86 bits per heavy atom. The van der Waals surface area contributed by atoms with E-state index in [4.69, 9.17) is 0 Å². The first-order valence-corrected chi connectivity index (χ1v) is 6.54. The first-order chi connectivity index (χ1) is 10.2. The molecular formula is C14H18F3N3O2. The highest BCUT2D eigenvalue weighted by molar-refractivity contribution is 5.96. The molecule has 5 nitrogen and oxygen atoms in total. The number of nitrogens with zero attached hydrogens (tertiary/aromatic N) is 1. The first-order valence-electron chi connectivity index (χ1n) is 6.54. The second-order valence-corrected chi connectivity index (χ2v) is 4.81. The highest BCUT2D eigenvalue weighted by atomic mass is 19.4. The fourth-order valence-electron chi connectivity index (χ4n) is 1.82. The normalized spacial score (nSPS) is 12.9. The van der Waals surface area contributed by atoms with E-state index < -0.39 is 29.7 Å². The van der Waals surface area contributed by atoms with E-state index in [-0.39, 0.29) is 12.1 Å². The van der Waals surface area contributed by atoms with Crippen LogP contribution in [-0.4, -0.2) is 37.0 Å². The molecule has 0 spiro atoms. The summed E-state index contributed by atoms with van der Waals surface area (Å²) in [6.07, 6.45) is -4.45. The van der Waals surface area contributed by atoms with Crippen LogP contribution in [0.3, 0.4) is 0 Å². The molecule has 122 valence electrons. The van der Waals surface area contributed by atoms with Crippen LogP contribution in [0.4, 0.5) is 18.0 Å². The van der Waals surface area contributed by atoms with Gasteiger partial charge in [-0.05, 0) is 25.6 Å². The van der Waals surface area contributed by atoms with Crippen molar-refractivity contribution in [2.45, 2.75) is 25.7 Å². The van der Waals surface area contributed by atoms with E-state index in [1.807, 2.05) is 0 Å². The lowest BCUT2D eigenvalue weighted by Crippen LogP contribution is -2.47. The molecule has 22 heavy (non-hydrogen) atoms. The maximum Gasteiger partial charge on any atom is 0.416 e. The summed E-state index contributed by atoms with van der Waals surface area (Å²) in [5, 5.41) is 4.32. The fraction of sp³-hybridized carbons (Fsp3) is 0.429. The first kappa shape index (κ1) is 18.0. The molecule has 0 aromatic heterocycles. The van der Waals surface area contributed by atoms with Crippen molar-refractivity contribution in [3.05, 3.63) is 35.4 Å². The third kappa shape index (κ3) is 4.73. The number of urea groups is 1. The van der Waals surface area contributed by atoms with Crippen LogP contribution in [0.2, 0.25) is 0 Å². The maximum absolute atomic E-state index is 12.9. The van der Waals surface area contributed by atoms with Gasteiger partial charge in [0.2, 0.25) is 5.91 Å². The number of imide groups is 1. The molecule has 0 radical (unpaired) electrons. The van der Waals surface area contributed by atoms with Crippen LogP contribution in [0, 0.1) is 0 Å². The minimum absolute atomic E-state index is 0.0668. The molecule has 2 N–H and O–H groups in total. The molecule has 0 bridgehead atoms. The van der Waals surface area contributed by atoms with Gasteiger partial charge < -0.3 is 5.32 Å². The van der Waals surface area contributed by atoms with Crippen molar-refractivity contribution < 1.29 is 22.8 Å². The number of carbonyl (C=O) groups excluding carboxylic acids is 2. The second-order valence-electron chi connectivity index (χ2n) is 4.81. The van der Waals surface area contributed by atoms with Gasteiger partial charge in [0, 0.05) is 13.6 Å². The highest BCUT2D eigenvalue weighted by Crippen LogP contribution is 2.32. The number of benzene rings is 1. The number of rotatable bonds is 4. The summed E-state index contributed by atoms with van der Waals surface area (Å²) < 4.78 is 38.8. The summed E-state index contributed by atoms with van der Waals surface area (Å²) in [5.74, 6) is -0.591. The lowest BCUT2D eigenvalue weighted by Gasteiger charge is -2.25. The fourth-order valence-corrected chi connectivity index (χ4v) is 1.82. The predicted octanol–water partition coefficient (Wildman–Crippen LogP) is 1.98. The number of nitrogens with one attached hydrogen (secondary N) is 2. The van der Waals surface area contributed by atoms with Crippen molar-refractivity contribution in [1.82, 2.24) is 15.5 Å². The summed E-state index contributed by atoms with van der Waals surface area (Å²) in [6, 6.07) is 3.75. The number of carbonyl (C=O) groups is 2. The van der Waals surface area contributed by atoms with Gasteiger partial charge >= 0.3 is 12.2 Å². The summed E-state index contributed by atoms with van der Waals surface area (Å²) in [6.45, 7) is 1.44. The molecule has 1 rings (SSSR count). The molecule has 1 aromatic carbocycles. The van der Waals surface area contributed by atoms with Gasteiger partial charge in [-0.1, -0.05) is 18.2 Å². The molecule has 8 heteroatoms. The smallest absolute Gasteiger partial charge is 0.341 e. The number of hydrogen-bond donors (Lipinski definition) is 2. The van der Waals surface area contributed by atoms with E-state index in [1.165, 1.54) is 44.1 Å². The molecule has 0 aliphatic carbocycles. The average Bonchev–Trinajstić information content (AvgIpc) is 2.45. The van der Waals surface area contributed by atoms with Gasteiger partial charge in [0.15, 0.2) is 0 Å². The Balaban J connectivity index is 2.83. The van der Waals surface area contributed by atoms with Gasteiger partial charge in [0.05, 0.1) is 11.6 Å². The summed E-state index contributed by atoms with van der Waals surface area (Å²) in [7, 11) is 2.87. The van der Waals surface area contributed by atoms with Crippen molar-refractivity contribution in [1.29, 1.82) is 0 Å². The molecule has 1 atom stereocenters. The third-order valence-electron chi connectivity index (χ3n) is 3.25. The molecule has 0 fully saturated rings. The van der Waals surface area contributed by atoms with Gasteiger partial charge in [-0.2, -0.15) is 13.2 Å². The molecular weight excluding hydrogens is 299 g/mol. The maximum atomic E-state index is 12.9. The highest BCUT2D eigenvalue weighted by Gasteiger charge is 2.33. The molecule has 0 saturated carbocycles. The van der Waals surface area contributed by atoms with E-state index in [1.54, 1.807) is 0 Å². The largest absolute Gasteiger partial charge is 0.416 e. The van der Waals surface area contributed by atoms with E-state index in [0.717, 1.165) is 6.07 Å². The zero-order valence-corrected chi connectivity index (χ0v) is 12.5. The Morgan fingerprint density at radius 1 is 1.27 bits per heavy atom. The van der Waals surface area contributed by atoms with Crippen LogP contribution in [-0.2, 0) is 17.5 Å². The Hall–Kier alpha value is -2.09. The van der Waals surface area contributed by atoms with Crippen LogP contribution in [0.1, 0.15) is 18.1 Å². The monoisotopic (exact) mass is 317 g/mol. The number of likely N-dealkylation sites (N-methyl/N-ethyl adjacent to an activating group) is 1. The number of halogens is 3. The van der Waals surface area contributed by atoms with Gasteiger partial charge in [0.25, 0.3) is 0 Å². The second kappa shape index (κ2) is 7.26. The van der Waals surface area contributed by atoms with Crippen molar-refractivity contribution >= 4 is 11.9 Å².